The summed E-state index contributed by atoms with van der Waals surface area (Å²) >= 11 is 3.18. The summed E-state index contributed by atoms with van der Waals surface area (Å²) in [6.07, 6.45) is 0. The third-order valence-electron chi connectivity index (χ3n) is 3.17. The van der Waals surface area contributed by atoms with Crippen molar-refractivity contribution in [2.45, 2.75) is 18.7 Å². The molecule has 0 saturated heterocycles. The Morgan fingerprint density at radius 1 is 1.18 bits per heavy atom. The fraction of sp³-hybridized carbons (Fsp3) is 0.176. The van der Waals surface area contributed by atoms with Gasteiger partial charge >= 0.3 is 0 Å². The first-order valence-corrected chi connectivity index (χ1v) is 8.77. The second-order valence-electron chi connectivity index (χ2n) is 5.07. The van der Waals surface area contributed by atoms with Gasteiger partial charge in [-0.3, -0.25) is 4.79 Å². The Bertz CT molecular complexity index is 809. The monoisotopic (exact) mass is 328 g/mol. The molecule has 1 aromatic heterocycles. The molecule has 0 radical (unpaired) electrons. The van der Waals surface area contributed by atoms with Crippen molar-refractivity contribution in [3.63, 3.8) is 0 Å². The molecule has 0 fully saturated rings. The quantitative estimate of drug-likeness (QED) is 0.709. The molecule has 1 N–H and O–H groups in total. The molecule has 0 unspecified atom stereocenters. The number of carbonyl (C=O) groups excluding carboxylic acids is 1. The summed E-state index contributed by atoms with van der Waals surface area (Å²) < 4.78 is 1.10. The van der Waals surface area contributed by atoms with Gasteiger partial charge in [0, 0.05) is 10.6 Å². The third-order valence-corrected chi connectivity index (χ3v) is 5.12. The van der Waals surface area contributed by atoms with Gasteiger partial charge < -0.3 is 5.32 Å². The van der Waals surface area contributed by atoms with Crippen molar-refractivity contribution in [3.05, 3.63) is 53.0 Å². The van der Waals surface area contributed by atoms with E-state index >= 15 is 0 Å². The van der Waals surface area contributed by atoms with E-state index in [1.165, 1.54) is 5.56 Å². The molecule has 0 saturated carbocycles. The maximum atomic E-state index is 12.0. The number of hydrogen-bond donors (Lipinski definition) is 1. The standard InChI is InChI=1S/C17H16N2OS2/c1-11-3-6-14(7-4-11)21-10-17(20)19-13-5-8-15-16(9-13)22-12(2)18-15/h3-9H,10H2,1-2H3,(H,19,20). The average Bonchev–Trinajstić information content (AvgIpc) is 2.86. The highest BCUT2D eigenvalue weighted by molar-refractivity contribution is 8.00. The van der Waals surface area contributed by atoms with Gasteiger partial charge in [-0.05, 0) is 44.2 Å². The number of thiazole rings is 1. The molecule has 0 bridgehead atoms. The summed E-state index contributed by atoms with van der Waals surface area (Å²) in [5.74, 6) is 0.411. The fourth-order valence-corrected chi connectivity index (χ4v) is 3.66. The summed E-state index contributed by atoms with van der Waals surface area (Å²) in [5.41, 5.74) is 3.03. The van der Waals surface area contributed by atoms with E-state index in [1.807, 2.05) is 37.3 Å². The molecule has 2 aromatic carbocycles. The zero-order chi connectivity index (χ0) is 15.5. The van der Waals surface area contributed by atoms with Gasteiger partial charge in [0.15, 0.2) is 0 Å². The van der Waals surface area contributed by atoms with E-state index in [0.29, 0.717) is 5.75 Å². The summed E-state index contributed by atoms with van der Waals surface area (Å²) in [6, 6.07) is 14.0. The van der Waals surface area contributed by atoms with E-state index in [0.717, 1.165) is 25.8 Å². The lowest BCUT2D eigenvalue weighted by atomic mass is 10.2. The maximum Gasteiger partial charge on any atom is 0.234 e. The molecule has 1 amide bonds. The van der Waals surface area contributed by atoms with E-state index in [-0.39, 0.29) is 5.91 Å². The summed E-state index contributed by atoms with van der Waals surface area (Å²) in [5, 5.41) is 3.98. The SMILES string of the molecule is Cc1ccc(SCC(=O)Nc2ccc3nc(C)sc3c2)cc1. The minimum atomic E-state index is 0.00571. The number of nitrogens with zero attached hydrogens (tertiary/aromatic N) is 1. The Labute approximate surface area is 137 Å². The Morgan fingerprint density at radius 2 is 1.95 bits per heavy atom. The Hall–Kier alpha value is -1.85. The van der Waals surface area contributed by atoms with Crippen molar-refractivity contribution in [1.82, 2.24) is 4.98 Å². The van der Waals surface area contributed by atoms with Crippen molar-refractivity contribution in [2.24, 2.45) is 0 Å². The lowest BCUT2D eigenvalue weighted by Crippen LogP contribution is -2.13. The van der Waals surface area contributed by atoms with Crippen LogP contribution in [0.2, 0.25) is 0 Å². The molecule has 112 valence electrons. The van der Waals surface area contributed by atoms with Crippen LogP contribution >= 0.6 is 23.1 Å². The molecule has 0 atom stereocenters. The summed E-state index contributed by atoms with van der Waals surface area (Å²) in [4.78, 5) is 17.6. The number of nitrogens with one attached hydrogen (secondary N) is 1. The van der Waals surface area contributed by atoms with Gasteiger partial charge in [0.1, 0.15) is 0 Å². The number of aromatic nitrogens is 1. The van der Waals surface area contributed by atoms with Crippen molar-refractivity contribution >= 4 is 44.9 Å². The zero-order valence-electron chi connectivity index (χ0n) is 12.4. The first-order chi connectivity index (χ1) is 10.6. The minimum absolute atomic E-state index is 0.00571. The molecule has 22 heavy (non-hydrogen) atoms. The molecular weight excluding hydrogens is 312 g/mol. The van der Waals surface area contributed by atoms with Crippen LogP contribution < -0.4 is 5.32 Å². The molecule has 0 aliphatic rings. The topological polar surface area (TPSA) is 42.0 Å². The van der Waals surface area contributed by atoms with Crippen LogP contribution in [-0.4, -0.2) is 16.6 Å². The molecule has 5 heteroatoms. The van der Waals surface area contributed by atoms with Gasteiger partial charge in [-0.15, -0.1) is 23.1 Å². The van der Waals surface area contributed by atoms with Crippen molar-refractivity contribution < 1.29 is 4.79 Å². The predicted molar refractivity (Wildman–Crippen MR) is 94.9 cm³/mol. The highest BCUT2D eigenvalue weighted by atomic mass is 32.2. The number of anilines is 1. The number of carbonyl (C=O) groups is 1. The Morgan fingerprint density at radius 3 is 2.73 bits per heavy atom. The molecule has 3 nitrogen and oxygen atoms in total. The molecular formula is C17H16N2OS2. The van der Waals surface area contributed by atoms with E-state index in [4.69, 9.17) is 0 Å². The Kier molecular flexibility index (Phi) is 4.45. The smallest absolute Gasteiger partial charge is 0.234 e. The van der Waals surface area contributed by atoms with Crippen LogP contribution in [0, 0.1) is 13.8 Å². The minimum Gasteiger partial charge on any atom is -0.325 e. The predicted octanol–water partition coefficient (Wildman–Crippen LogP) is 4.64. The van der Waals surface area contributed by atoms with E-state index in [2.05, 4.69) is 29.4 Å². The lowest BCUT2D eigenvalue weighted by Gasteiger charge is -2.05. The number of benzene rings is 2. The van der Waals surface area contributed by atoms with Crippen molar-refractivity contribution in [3.8, 4) is 0 Å². The second-order valence-corrected chi connectivity index (χ2v) is 7.35. The maximum absolute atomic E-state index is 12.0. The van der Waals surface area contributed by atoms with E-state index in [1.54, 1.807) is 23.1 Å². The Balaban J connectivity index is 1.61. The molecule has 1 heterocycles. The van der Waals surface area contributed by atoms with Gasteiger partial charge in [-0.1, -0.05) is 17.7 Å². The normalized spacial score (nSPS) is 10.8. The summed E-state index contributed by atoms with van der Waals surface area (Å²) in [6.45, 7) is 4.04. The lowest BCUT2D eigenvalue weighted by molar-refractivity contribution is -0.113. The average molecular weight is 328 g/mol. The van der Waals surface area contributed by atoms with Crippen LogP contribution in [0.15, 0.2) is 47.4 Å². The van der Waals surface area contributed by atoms with Crippen LogP contribution in [0.1, 0.15) is 10.6 Å². The van der Waals surface area contributed by atoms with Crippen LogP contribution in [-0.2, 0) is 4.79 Å². The number of thioether (sulfide) groups is 1. The molecule has 3 aromatic rings. The number of fused-ring (bicyclic) bond motifs is 1. The van der Waals surface area contributed by atoms with Crippen LogP contribution in [0.4, 0.5) is 5.69 Å². The molecule has 3 rings (SSSR count). The molecule has 0 aliphatic carbocycles. The van der Waals surface area contributed by atoms with Gasteiger partial charge in [-0.2, -0.15) is 0 Å². The zero-order valence-corrected chi connectivity index (χ0v) is 14.1. The van der Waals surface area contributed by atoms with Gasteiger partial charge in [0.2, 0.25) is 5.91 Å². The van der Waals surface area contributed by atoms with Crippen LogP contribution in [0.5, 0.6) is 0 Å². The van der Waals surface area contributed by atoms with Gasteiger partial charge in [-0.25, -0.2) is 4.98 Å². The van der Waals surface area contributed by atoms with Crippen molar-refractivity contribution in [2.75, 3.05) is 11.1 Å². The highest BCUT2D eigenvalue weighted by Crippen LogP contribution is 2.25. The summed E-state index contributed by atoms with van der Waals surface area (Å²) in [7, 11) is 0. The van der Waals surface area contributed by atoms with Crippen molar-refractivity contribution in [1.29, 1.82) is 0 Å². The number of amides is 1. The highest BCUT2D eigenvalue weighted by Gasteiger charge is 2.06. The van der Waals surface area contributed by atoms with E-state index in [9.17, 15) is 4.79 Å². The number of aryl methyl sites for hydroxylation is 2. The van der Waals surface area contributed by atoms with Crippen LogP contribution in [0.3, 0.4) is 0 Å². The largest absolute Gasteiger partial charge is 0.325 e. The first-order valence-electron chi connectivity index (χ1n) is 6.97. The van der Waals surface area contributed by atoms with E-state index < -0.39 is 0 Å². The number of hydrogen-bond acceptors (Lipinski definition) is 4. The third kappa shape index (κ3) is 3.67. The van der Waals surface area contributed by atoms with Gasteiger partial charge in [0.25, 0.3) is 0 Å². The van der Waals surface area contributed by atoms with Gasteiger partial charge in [0.05, 0.1) is 21.0 Å². The van der Waals surface area contributed by atoms with Crippen LogP contribution in [0.25, 0.3) is 10.2 Å². The first kappa shape index (κ1) is 15.1. The second kappa shape index (κ2) is 6.50. The number of rotatable bonds is 4. The fourth-order valence-electron chi connectivity index (χ4n) is 2.10. The molecule has 0 spiro atoms. The molecule has 0 aliphatic heterocycles.